The lowest BCUT2D eigenvalue weighted by Crippen LogP contribution is -2.49. The van der Waals surface area contributed by atoms with Crippen molar-refractivity contribution in [2.75, 3.05) is 32.7 Å². The number of nitrogens with one attached hydrogen (secondary N) is 2. The Balaban J connectivity index is 1.79. The zero-order valence-corrected chi connectivity index (χ0v) is 11.0. The maximum absolute atomic E-state index is 11.8. The second-order valence-electron chi connectivity index (χ2n) is 5.80. The average Bonchev–Trinajstić information content (AvgIpc) is 2.75. The highest BCUT2D eigenvalue weighted by molar-refractivity contribution is 5.78. The highest BCUT2D eigenvalue weighted by atomic mass is 16.2. The number of carbonyl (C=O) groups excluding carboxylic acids is 1. The second kappa shape index (κ2) is 5.83. The van der Waals surface area contributed by atoms with E-state index in [0.29, 0.717) is 18.5 Å². The molecule has 2 saturated heterocycles. The fourth-order valence-electron chi connectivity index (χ4n) is 2.92. The van der Waals surface area contributed by atoms with Crippen LogP contribution in [0.15, 0.2) is 0 Å². The molecule has 0 aromatic heterocycles. The van der Waals surface area contributed by atoms with Crippen molar-refractivity contribution >= 4 is 5.91 Å². The van der Waals surface area contributed by atoms with Gasteiger partial charge >= 0.3 is 0 Å². The van der Waals surface area contributed by atoms with Crippen molar-refractivity contribution in [3.05, 3.63) is 0 Å². The highest BCUT2D eigenvalue weighted by Crippen LogP contribution is 2.25. The normalized spacial score (nSPS) is 29.4. The van der Waals surface area contributed by atoms with Crippen molar-refractivity contribution < 1.29 is 4.79 Å². The van der Waals surface area contributed by atoms with Crippen LogP contribution in [0.25, 0.3) is 0 Å². The molecule has 0 bridgehead atoms. The standard InChI is InChI=1S/C13H25N3O/c1-10(2)6-15-13(17)9-16-5-3-4-11-7-14-8-12(11)16/h10-12,14H,3-9H2,1-2H3,(H,15,17). The Labute approximate surface area is 104 Å². The molecule has 4 nitrogen and oxygen atoms in total. The summed E-state index contributed by atoms with van der Waals surface area (Å²) >= 11 is 0. The van der Waals surface area contributed by atoms with Crippen LogP contribution >= 0.6 is 0 Å². The first-order valence-electron chi connectivity index (χ1n) is 6.88. The summed E-state index contributed by atoms with van der Waals surface area (Å²) in [7, 11) is 0. The molecule has 2 heterocycles. The molecule has 0 saturated carbocycles. The van der Waals surface area contributed by atoms with Crippen LogP contribution in [0.2, 0.25) is 0 Å². The third-order valence-electron chi connectivity index (χ3n) is 3.85. The zero-order chi connectivity index (χ0) is 12.3. The van der Waals surface area contributed by atoms with Gasteiger partial charge in [-0.2, -0.15) is 0 Å². The fraction of sp³-hybridized carbons (Fsp3) is 0.923. The molecule has 4 heteroatoms. The Morgan fingerprint density at radius 1 is 1.47 bits per heavy atom. The Morgan fingerprint density at radius 2 is 2.29 bits per heavy atom. The first kappa shape index (κ1) is 12.8. The molecule has 0 radical (unpaired) electrons. The maximum Gasteiger partial charge on any atom is 0.234 e. The average molecular weight is 239 g/mol. The molecule has 17 heavy (non-hydrogen) atoms. The minimum Gasteiger partial charge on any atom is -0.355 e. The van der Waals surface area contributed by atoms with Gasteiger partial charge in [0.15, 0.2) is 0 Å². The summed E-state index contributed by atoms with van der Waals surface area (Å²) in [5, 5.41) is 6.45. The number of fused-ring (bicyclic) bond motifs is 1. The van der Waals surface area contributed by atoms with Crippen LogP contribution in [0.3, 0.4) is 0 Å². The number of nitrogens with zero attached hydrogens (tertiary/aromatic N) is 1. The van der Waals surface area contributed by atoms with Crippen LogP contribution in [0.4, 0.5) is 0 Å². The van der Waals surface area contributed by atoms with Crippen LogP contribution in [-0.4, -0.2) is 49.6 Å². The largest absolute Gasteiger partial charge is 0.355 e. The van der Waals surface area contributed by atoms with Crippen LogP contribution in [0.1, 0.15) is 26.7 Å². The number of likely N-dealkylation sites (tertiary alicyclic amines) is 1. The summed E-state index contributed by atoms with van der Waals surface area (Å²) in [6.07, 6.45) is 2.56. The summed E-state index contributed by atoms with van der Waals surface area (Å²) in [4.78, 5) is 14.2. The number of hydrogen-bond donors (Lipinski definition) is 2. The van der Waals surface area contributed by atoms with E-state index in [-0.39, 0.29) is 5.91 Å². The topological polar surface area (TPSA) is 44.4 Å². The van der Waals surface area contributed by atoms with E-state index in [4.69, 9.17) is 0 Å². The molecule has 2 aliphatic heterocycles. The third-order valence-corrected chi connectivity index (χ3v) is 3.85. The van der Waals surface area contributed by atoms with E-state index in [1.54, 1.807) is 0 Å². The molecule has 2 aliphatic rings. The van der Waals surface area contributed by atoms with Crippen molar-refractivity contribution in [2.24, 2.45) is 11.8 Å². The maximum atomic E-state index is 11.8. The van der Waals surface area contributed by atoms with E-state index in [9.17, 15) is 4.79 Å². The van der Waals surface area contributed by atoms with E-state index < -0.39 is 0 Å². The van der Waals surface area contributed by atoms with Gasteiger partial charge in [0.25, 0.3) is 0 Å². The summed E-state index contributed by atoms with van der Waals surface area (Å²) in [6, 6.07) is 0.591. The molecule has 1 amide bonds. The van der Waals surface area contributed by atoms with Gasteiger partial charge in [0, 0.05) is 19.1 Å². The van der Waals surface area contributed by atoms with Crippen LogP contribution < -0.4 is 10.6 Å². The van der Waals surface area contributed by atoms with Crippen molar-refractivity contribution in [3.63, 3.8) is 0 Å². The summed E-state index contributed by atoms with van der Waals surface area (Å²) < 4.78 is 0. The Morgan fingerprint density at radius 3 is 3.06 bits per heavy atom. The predicted octanol–water partition coefficient (Wildman–Crippen LogP) is 0.442. The minimum absolute atomic E-state index is 0.186. The predicted molar refractivity (Wildman–Crippen MR) is 68.8 cm³/mol. The van der Waals surface area contributed by atoms with Gasteiger partial charge < -0.3 is 10.6 Å². The van der Waals surface area contributed by atoms with Crippen molar-refractivity contribution in [1.29, 1.82) is 0 Å². The van der Waals surface area contributed by atoms with Crippen LogP contribution in [-0.2, 0) is 4.79 Å². The molecular formula is C13H25N3O. The van der Waals surface area contributed by atoms with Gasteiger partial charge in [-0.15, -0.1) is 0 Å². The molecule has 0 spiro atoms. The van der Waals surface area contributed by atoms with E-state index in [1.165, 1.54) is 12.8 Å². The lowest BCUT2D eigenvalue weighted by molar-refractivity contribution is -0.123. The molecule has 2 N–H and O–H groups in total. The van der Waals surface area contributed by atoms with Gasteiger partial charge in [-0.3, -0.25) is 9.69 Å². The molecule has 0 aromatic carbocycles. The summed E-state index contributed by atoms with van der Waals surface area (Å²) in [5.41, 5.74) is 0. The molecule has 0 aliphatic carbocycles. The Kier molecular flexibility index (Phi) is 4.40. The number of carbonyl (C=O) groups is 1. The van der Waals surface area contributed by atoms with E-state index in [0.717, 1.165) is 32.1 Å². The Bertz CT molecular complexity index is 267. The van der Waals surface area contributed by atoms with E-state index >= 15 is 0 Å². The smallest absolute Gasteiger partial charge is 0.234 e. The lowest BCUT2D eigenvalue weighted by atomic mass is 9.92. The number of piperidine rings is 1. The second-order valence-corrected chi connectivity index (χ2v) is 5.80. The SMILES string of the molecule is CC(C)CNC(=O)CN1CCCC2CNCC21. The first-order chi connectivity index (χ1) is 8.16. The molecule has 2 rings (SSSR count). The van der Waals surface area contributed by atoms with Gasteiger partial charge in [-0.1, -0.05) is 13.8 Å². The quantitative estimate of drug-likeness (QED) is 0.748. The van der Waals surface area contributed by atoms with Gasteiger partial charge in [0.05, 0.1) is 6.54 Å². The molecule has 2 fully saturated rings. The molecule has 2 unspecified atom stereocenters. The molecular weight excluding hydrogens is 214 g/mol. The summed E-state index contributed by atoms with van der Waals surface area (Å²) in [5.74, 6) is 1.48. The first-order valence-corrected chi connectivity index (χ1v) is 6.88. The van der Waals surface area contributed by atoms with E-state index in [2.05, 4.69) is 29.4 Å². The van der Waals surface area contributed by atoms with Crippen LogP contribution in [0.5, 0.6) is 0 Å². The molecule has 98 valence electrons. The van der Waals surface area contributed by atoms with E-state index in [1.807, 2.05) is 0 Å². The number of hydrogen-bond acceptors (Lipinski definition) is 3. The minimum atomic E-state index is 0.186. The van der Waals surface area contributed by atoms with Gasteiger partial charge in [-0.05, 0) is 37.8 Å². The van der Waals surface area contributed by atoms with Crippen molar-refractivity contribution in [1.82, 2.24) is 15.5 Å². The highest BCUT2D eigenvalue weighted by Gasteiger charge is 2.35. The molecule has 0 aromatic rings. The van der Waals surface area contributed by atoms with Gasteiger partial charge in [0.1, 0.15) is 0 Å². The third kappa shape index (κ3) is 3.42. The summed E-state index contributed by atoms with van der Waals surface area (Å²) in [6.45, 7) is 8.89. The van der Waals surface area contributed by atoms with Crippen molar-refractivity contribution in [2.45, 2.75) is 32.7 Å². The zero-order valence-electron chi connectivity index (χ0n) is 11.0. The Hall–Kier alpha value is -0.610. The van der Waals surface area contributed by atoms with Crippen LogP contribution in [0, 0.1) is 11.8 Å². The number of amides is 1. The van der Waals surface area contributed by atoms with Crippen molar-refractivity contribution in [3.8, 4) is 0 Å². The molecule has 2 atom stereocenters. The monoisotopic (exact) mass is 239 g/mol. The number of rotatable bonds is 4. The fourth-order valence-corrected chi connectivity index (χ4v) is 2.92. The van der Waals surface area contributed by atoms with Gasteiger partial charge in [-0.25, -0.2) is 0 Å². The lowest BCUT2D eigenvalue weighted by Gasteiger charge is -2.36. The van der Waals surface area contributed by atoms with Gasteiger partial charge in [0.2, 0.25) is 5.91 Å².